The van der Waals surface area contributed by atoms with Crippen LogP contribution in [0.25, 0.3) is 0 Å². The minimum absolute atomic E-state index is 0.221. The van der Waals surface area contributed by atoms with Crippen LogP contribution in [0.15, 0.2) is 30.3 Å². The number of ether oxygens (including phenoxy) is 1. The minimum atomic E-state index is -0.635. The monoisotopic (exact) mass is 178 g/mol. The lowest BCUT2D eigenvalue weighted by atomic mass is 10.2. The zero-order chi connectivity index (χ0) is 9.52. The highest BCUT2D eigenvalue weighted by atomic mass is 16.5. The Morgan fingerprint density at radius 2 is 2.08 bits per heavy atom. The third-order valence-corrected chi connectivity index (χ3v) is 1.56. The Labute approximate surface area is 77.5 Å². The average molecular weight is 178 g/mol. The SMILES string of the molecule is N[C@@H]([C]=O)COCc1ccccc1. The van der Waals surface area contributed by atoms with Gasteiger partial charge in [-0.15, -0.1) is 0 Å². The molecule has 1 aromatic rings. The third kappa shape index (κ3) is 3.83. The number of hydrogen-bond acceptors (Lipinski definition) is 3. The maximum atomic E-state index is 10.0. The van der Waals surface area contributed by atoms with E-state index in [0.717, 1.165) is 5.56 Å². The lowest BCUT2D eigenvalue weighted by molar-refractivity contribution is 0.119. The lowest BCUT2D eigenvalue weighted by Crippen LogP contribution is -2.27. The zero-order valence-electron chi connectivity index (χ0n) is 7.27. The normalized spacial score (nSPS) is 12.4. The summed E-state index contributed by atoms with van der Waals surface area (Å²) in [5, 5.41) is 0. The Balaban J connectivity index is 2.24. The fourth-order valence-corrected chi connectivity index (χ4v) is 0.912. The van der Waals surface area contributed by atoms with Crippen LogP contribution >= 0.6 is 0 Å². The average Bonchev–Trinajstić information content (AvgIpc) is 2.19. The molecule has 0 unspecified atom stereocenters. The molecule has 69 valence electrons. The molecule has 0 aliphatic rings. The van der Waals surface area contributed by atoms with E-state index in [4.69, 9.17) is 10.5 Å². The summed E-state index contributed by atoms with van der Waals surface area (Å²) in [6, 6.07) is 9.08. The van der Waals surface area contributed by atoms with Crippen molar-refractivity contribution in [2.45, 2.75) is 12.6 Å². The molecule has 1 atom stereocenters. The molecule has 1 aromatic carbocycles. The molecule has 3 heteroatoms. The van der Waals surface area contributed by atoms with Crippen molar-refractivity contribution in [2.75, 3.05) is 6.61 Å². The van der Waals surface area contributed by atoms with Crippen LogP contribution in [0.2, 0.25) is 0 Å². The second-order valence-electron chi connectivity index (χ2n) is 2.73. The summed E-state index contributed by atoms with van der Waals surface area (Å²) in [6.07, 6.45) is 1.65. The fourth-order valence-electron chi connectivity index (χ4n) is 0.912. The molecule has 0 spiro atoms. The van der Waals surface area contributed by atoms with Crippen molar-refractivity contribution in [1.29, 1.82) is 0 Å². The summed E-state index contributed by atoms with van der Waals surface area (Å²) >= 11 is 0. The van der Waals surface area contributed by atoms with E-state index in [1.165, 1.54) is 0 Å². The second-order valence-corrected chi connectivity index (χ2v) is 2.73. The van der Waals surface area contributed by atoms with Gasteiger partial charge in [0.1, 0.15) is 0 Å². The molecular formula is C10H12NO2. The third-order valence-electron chi connectivity index (χ3n) is 1.56. The first-order valence-corrected chi connectivity index (χ1v) is 4.08. The molecule has 0 saturated carbocycles. The van der Waals surface area contributed by atoms with E-state index in [-0.39, 0.29) is 6.61 Å². The van der Waals surface area contributed by atoms with Gasteiger partial charge in [-0.2, -0.15) is 0 Å². The maximum Gasteiger partial charge on any atom is 0.219 e. The highest BCUT2D eigenvalue weighted by Gasteiger charge is 2.00. The Morgan fingerprint density at radius 3 is 2.69 bits per heavy atom. The van der Waals surface area contributed by atoms with Gasteiger partial charge in [0, 0.05) is 0 Å². The summed E-state index contributed by atoms with van der Waals surface area (Å²) in [4.78, 5) is 10.0. The molecule has 2 N–H and O–H groups in total. The molecule has 0 bridgehead atoms. The fraction of sp³-hybridized carbons (Fsp3) is 0.300. The molecular weight excluding hydrogens is 166 g/mol. The summed E-state index contributed by atoms with van der Waals surface area (Å²) < 4.78 is 5.18. The summed E-state index contributed by atoms with van der Waals surface area (Å²) in [7, 11) is 0. The van der Waals surface area contributed by atoms with Gasteiger partial charge in [-0.3, -0.25) is 4.79 Å². The van der Waals surface area contributed by atoms with Crippen molar-refractivity contribution in [3.05, 3.63) is 35.9 Å². The van der Waals surface area contributed by atoms with Crippen LogP contribution in [0.1, 0.15) is 5.56 Å². The van der Waals surface area contributed by atoms with E-state index >= 15 is 0 Å². The lowest BCUT2D eigenvalue weighted by Gasteiger charge is -2.04. The van der Waals surface area contributed by atoms with Crippen LogP contribution in [0.3, 0.4) is 0 Å². The molecule has 0 amide bonds. The van der Waals surface area contributed by atoms with Gasteiger partial charge in [-0.05, 0) is 5.56 Å². The predicted octanol–water partition coefficient (Wildman–Crippen LogP) is 0.640. The van der Waals surface area contributed by atoms with Crippen LogP contribution < -0.4 is 5.73 Å². The second kappa shape index (κ2) is 5.45. The highest BCUT2D eigenvalue weighted by Crippen LogP contribution is 1.99. The van der Waals surface area contributed by atoms with Crippen LogP contribution in [0.4, 0.5) is 0 Å². The van der Waals surface area contributed by atoms with Gasteiger partial charge in [0.2, 0.25) is 6.29 Å². The topological polar surface area (TPSA) is 52.3 Å². The van der Waals surface area contributed by atoms with Gasteiger partial charge >= 0.3 is 0 Å². The first kappa shape index (κ1) is 9.89. The molecule has 0 aliphatic heterocycles. The van der Waals surface area contributed by atoms with Crippen molar-refractivity contribution in [1.82, 2.24) is 0 Å². The minimum Gasteiger partial charge on any atom is -0.375 e. The molecule has 0 saturated heterocycles. The molecule has 1 rings (SSSR count). The van der Waals surface area contributed by atoms with E-state index in [0.29, 0.717) is 6.61 Å². The Bertz CT molecular complexity index is 248. The molecule has 0 aromatic heterocycles. The number of nitrogens with two attached hydrogens (primary N) is 1. The van der Waals surface area contributed by atoms with Crippen LogP contribution in [0, 0.1) is 0 Å². The standard InChI is InChI=1S/C10H12NO2/c11-10(6-12)8-13-7-9-4-2-1-3-5-9/h1-5,10H,7-8,11H2/t10-/m0/s1. The number of benzene rings is 1. The maximum absolute atomic E-state index is 10.0. The molecule has 3 nitrogen and oxygen atoms in total. The first-order valence-electron chi connectivity index (χ1n) is 4.08. The Morgan fingerprint density at radius 1 is 1.38 bits per heavy atom. The first-order chi connectivity index (χ1) is 6.33. The Kier molecular flexibility index (Phi) is 4.15. The summed E-state index contributed by atoms with van der Waals surface area (Å²) in [6.45, 7) is 0.703. The van der Waals surface area contributed by atoms with E-state index in [1.807, 2.05) is 30.3 Å². The molecule has 1 radical (unpaired) electrons. The largest absolute Gasteiger partial charge is 0.375 e. The zero-order valence-corrected chi connectivity index (χ0v) is 7.27. The van der Waals surface area contributed by atoms with Crippen molar-refractivity contribution >= 4 is 6.29 Å². The molecule has 0 heterocycles. The number of carbonyl (C=O) groups excluding carboxylic acids is 1. The van der Waals surface area contributed by atoms with Crippen LogP contribution in [-0.4, -0.2) is 18.9 Å². The van der Waals surface area contributed by atoms with Gasteiger partial charge in [0.25, 0.3) is 0 Å². The van der Waals surface area contributed by atoms with Gasteiger partial charge in [0.05, 0.1) is 19.3 Å². The smallest absolute Gasteiger partial charge is 0.219 e. The van der Waals surface area contributed by atoms with Gasteiger partial charge in [-0.1, -0.05) is 30.3 Å². The molecule has 13 heavy (non-hydrogen) atoms. The van der Waals surface area contributed by atoms with Crippen LogP contribution in [0.5, 0.6) is 0 Å². The molecule has 0 fully saturated rings. The van der Waals surface area contributed by atoms with E-state index in [9.17, 15) is 4.79 Å². The van der Waals surface area contributed by atoms with E-state index in [2.05, 4.69) is 0 Å². The van der Waals surface area contributed by atoms with Crippen molar-refractivity contribution < 1.29 is 9.53 Å². The number of hydrogen-bond donors (Lipinski definition) is 1. The van der Waals surface area contributed by atoms with Gasteiger partial charge in [-0.25, -0.2) is 0 Å². The van der Waals surface area contributed by atoms with Crippen molar-refractivity contribution in [3.63, 3.8) is 0 Å². The summed E-state index contributed by atoms with van der Waals surface area (Å²) in [5.41, 5.74) is 6.36. The van der Waals surface area contributed by atoms with E-state index < -0.39 is 6.04 Å². The number of rotatable bonds is 5. The summed E-state index contributed by atoms with van der Waals surface area (Å²) in [5.74, 6) is 0. The van der Waals surface area contributed by atoms with Crippen molar-refractivity contribution in [3.8, 4) is 0 Å². The van der Waals surface area contributed by atoms with Crippen molar-refractivity contribution in [2.24, 2.45) is 5.73 Å². The molecule has 0 aliphatic carbocycles. The van der Waals surface area contributed by atoms with Crippen LogP contribution in [-0.2, 0) is 16.1 Å². The predicted molar refractivity (Wildman–Crippen MR) is 49.8 cm³/mol. The van der Waals surface area contributed by atoms with Gasteiger partial charge < -0.3 is 10.5 Å². The van der Waals surface area contributed by atoms with Gasteiger partial charge in [0.15, 0.2) is 0 Å². The Hall–Kier alpha value is -1.19. The quantitative estimate of drug-likeness (QED) is 0.719. The van der Waals surface area contributed by atoms with E-state index in [1.54, 1.807) is 6.29 Å². The highest BCUT2D eigenvalue weighted by molar-refractivity contribution is 5.57.